The van der Waals surface area contributed by atoms with Gasteiger partial charge < -0.3 is 9.30 Å². The van der Waals surface area contributed by atoms with Crippen LogP contribution in [0, 0.1) is 0 Å². The lowest BCUT2D eigenvalue weighted by atomic mass is 10.5. The van der Waals surface area contributed by atoms with E-state index >= 15 is 0 Å². The van der Waals surface area contributed by atoms with Crippen molar-refractivity contribution < 1.29 is 4.74 Å². The van der Waals surface area contributed by atoms with Gasteiger partial charge >= 0.3 is 0 Å². The lowest BCUT2D eigenvalue weighted by Gasteiger charge is -1.98. The van der Waals surface area contributed by atoms with Crippen molar-refractivity contribution in [1.29, 1.82) is 0 Å². The minimum Gasteiger partial charge on any atom is -0.377 e. The number of hydrogen-bond donors (Lipinski definition) is 0. The zero-order valence-corrected chi connectivity index (χ0v) is 7.89. The molecule has 0 aliphatic carbocycles. The highest BCUT2D eigenvalue weighted by molar-refractivity contribution is 7.09. The number of imidazole rings is 1. The molecule has 2 heterocycles. The molecule has 0 fully saturated rings. The summed E-state index contributed by atoms with van der Waals surface area (Å²) in [5, 5.41) is 4.15. The third-order valence-electron chi connectivity index (χ3n) is 1.89. The predicted molar refractivity (Wildman–Crippen MR) is 49.3 cm³/mol. The van der Waals surface area contributed by atoms with Crippen LogP contribution in [0.25, 0.3) is 11.0 Å². The zero-order chi connectivity index (χ0) is 8.55. The van der Waals surface area contributed by atoms with E-state index in [-0.39, 0.29) is 0 Å². The summed E-state index contributed by atoms with van der Waals surface area (Å²) >= 11 is 1.68. The molecule has 2 rings (SSSR count). The van der Waals surface area contributed by atoms with Crippen molar-refractivity contribution in [2.75, 3.05) is 7.11 Å². The highest BCUT2D eigenvalue weighted by Gasteiger charge is 2.06. The average molecular weight is 182 g/mol. The van der Waals surface area contributed by atoms with Gasteiger partial charge in [0.2, 0.25) is 0 Å². The molecular formula is C8H10N2OS. The van der Waals surface area contributed by atoms with Crippen LogP contribution in [0.5, 0.6) is 0 Å². The van der Waals surface area contributed by atoms with Crippen molar-refractivity contribution in [1.82, 2.24) is 9.55 Å². The molecule has 0 spiro atoms. The molecule has 0 aromatic carbocycles. The Labute approximate surface area is 74.6 Å². The second-order valence-corrected chi connectivity index (χ2v) is 3.41. The van der Waals surface area contributed by atoms with Crippen molar-refractivity contribution in [3.8, 4) is 0 Å². The molecule has 12 heavy (non-hydrogen) atoms. The lowest BCUT2D eigenvalue weighted by molar-refractivity contribution is 0.176. The third kappa shape index (κ3) is 1.04. The molecule has 0 atom stereocenters. The topological polar surface area (TPSA) is 27.1 Å². The second-order valence-electron chi connectivity index (χ2n) is 2.66. The van der Waals surface area contributed by atoms with Gasteiger partial charge in [0.1, 0.15) is 12.4 Å². The normalized spacial score (nSPS) is 11.2. The van der Waals surface area contributed by atoms with Gasteiger partial charge in [-0.1, -0.05) is 0 Å². The Bertz CT molecular complexity index is 391. The Kier molecular flexibility index (Phi) is 1.86. The molecule has 2 aromatic heterocycles. The predicted octanol–water partition coefficient (Wildman–Crippen LogP) is 1.78. The summed E-state index contributed by atoms with van der Waals surface area (Å²) in [7, 11) is 3.69. The molecule has 0 bridgehead atoms. The van der Waals surface area contributed by atoms with Gasteiger partial charge in [0.15, 0.2) is 0 Å². The molecule has 0 aliphatic rings. The Morgan fingerprint density at radius 2 is 2.42 bits per heavy atom. The number of methoxy groups -OCH3 is 1. The maximum Gasteiger partial charge on any atom is 0.135 e. The van der Waals surface area contributed by atoms with Gasteiger partial charge in [-0.15, -0.1) is 11.3 Å². The standard InChI is InChI=1S/C8H10N2OS/c1-10-7-5-12-4-6(7)9-8(10)3-11-2/h4-5H,3H2,1-2H3. The van der Waals surface area contributed by atoms with Crippen molar-refractivity contribution in [3.63, 3.8) is 0 Å². The maximum atomic E-state index is 5.03. The number of fused-ring (bicyclic) bond motifs is 1. The number of rotatable bonds is 2. The van der Waals surface area contributed by atoms with E-state index < -0.39 is 0 Å². The van der Waals surface area contributed by atoms with Gasteiger partial charge in [-0.05, 0) is 0 Å². The van der Waals surface area contributed by atoms with Crippen molar-refractivity contribution in [2.45, 2.75) is 6.61 Å². The molecule has 0 amide bonds. The van der Waals surface area contributed by atoms with E-state index in [2.05, 4.69) is 20.3 Å². The molecule has 64 valence electrons. The fourth-order valence-corrected chi connectivity index (χ4v) is 2.01. The number of nitrogens with zero attached hydrogens (tertiary/aromatic N) is 2. The number of hydrogen-bond acceptors (Lipinski definition) is 3. The van der Waals surface area contributed by atoms with E-state index in [9.17, 15) is 0 Å². The van der Waals surface area contributed by atoms with E-state index in [0.29, 0.717) is 6.61 Å². The molecule has 0 unspecified atom stereocenters. The Balaban J connectivity index is 2.55. The summed E-state index contributed by atoms with van der Waals surface area (Å²) in [5.74, 6) is 0.982. The minimum absolute atomic E-state index is 0.579. The van der Waals surface area contributed by atoms with E-state index in [0.717, 1.165) is 11.3 Å². The van der Waals surface area contributed by atoms with Crippen LogP contribution in [0.1, 0.15) is 5.82 Å². The van der Waals surface area contributed by atoms with Gasteiger partial charge in [0.05, 0.1) is 11.0 Å². The molecule has 3 nitrogen and oxygen atoms in total. The minimum atomic E-state index is 0.579. The van der Waals surface area contributed by atoms with Crippen LogP contribution in [-0.2, 0) is 18.4 Å². The van der Waals surface area contributed by atoms with Crippen LogP contribution < -0.4 is 0 Å². The largest absolute Gasteiger partial charge is 0.377 e. The first-order valence-electron chi connectivity index (χ1n) is 3.69. The first-order valence-corrected chi connectivity index (χ1v) is 4.63. The monoisotopic (exact) mass is 182 g/mol. The first-order chi connectivity index (χ1) is 5.83. The fraction of sp³-hybridized carbons (Fsp3) is 0.375. The zero-order valence-electron chi connectivity index (χ0n) is 7.07. The van der Waals surface area contributed by atoms with Crippen molar-refractivity contribution in [2.24, 2.45) is 7.05 Å². The highest BCUT2D eigenvalue weighted by atomic mass is 32.1. The summed E-state index contributed by atoms with van der Waals surface area (Å²) < 4.78 is 7.09. The lowest BCUT2D eigenvalue weighted by Crippen LogP contribution is -1.98. The second kappa shape index (κ2) is 2.88. The number of aromatic nitrogens is 2. The van der Waals surface area contributed by atoms with E-state index in [1.54, 1.807) is 18.4 Å². The Morgan fingerprint density at radius 1 is 1.58 bits per heavy atom. The smallest absolute Gasteiger partial charge is 0.135 e. The summed E-state index contributed by atoms with van der Waals surface area (Å²) in [6, 6.07) is 0. The highest BCUT2D eigenvalue weighted by Crippen LogP contribution is 2.19. The fourth-order valence-electron chi connectivity index (χ4n) is 1.23. The number of aryl methyl sites for hydroxylation is 1. The molecule has 0 aliphatic heterocycles. The van der Waals surface area contributed by atoms with Crippen molar-refractivity contribution in [3.05, 3.63) is 16.6 Å². The van der Waals surface area contributed by atoms with Crippen LogP contribution in [0.2, 0.25) is 0 Å². The molecule has 0 radical (unpaired) electrons. The van der Waals surface area contributed by atoms with E-state index in [1.807, 2.05) is 7.05 Å². The summed E-state index contributed by atoms with van der Waals surface area (Å²) in [4.78, 5) is 4.41. The molecular weight excluding hydrogens is 172 g/mol. The first kappa shape index (κ1) is 7.76. The van der Waals surface area contributed by atoms with Gasteiger partial charge in [-0.3, -0.25) is 0 Å². The Morgan fingerprint density at radius 3 is 3.08 bits per heavy atom. The molecule has 0 N–H and O–H groups in total. The van der Waals surface area contributed by atoms with Gasteiger partial charge in [0, 0.05) is 24.9 Å². The third-order valence-corrected chi connectivity index (χ3v) is 2.61. The number of ether oxygens (including phenoxy) is 1. The van der Waals surface area contributed by atoms with Crippen molar-refractivity contribution >= 4 is 22.4 Å². The Hall–Kier alpha value is -0.870. The molecule has 2 aromatic rings. The molecule has 4 heteroatoms. The van der Waals surface area contributed by atoms with Crippen LogP contribution in [0.3, 0.4) is 0 Å². The van der Waals surface area contributed by atoms with Crippen LogP contribution in [0.4, 0.5) is 0 Å². The van der Waals surface area contributed by atoms with Crippen LogP contribution >= 0.6 is 11.3 Å². The molecule has 0 saturated carbocycles. The quantitative estimate of drug-likeness (QED) is 0.708. The van der Waals surface area contributed by atoms with Crippen LogP contribution in [0.15, 0.2) is 10.8 Å². The maximum absolute atomic E-state index is 5.03. The SMILES string of the molecule is COCc1nc2cscc2n1C. The average Bonchev–Trinajstić information content (AvgIpc) is 2.58. The van der Waals surface area contributed by atoms with Gasteiger partial charge in [-0.2, -0.15) is 0 Å². The molecule has 0 saturated heterocycles. The summed E-state index contributed by atoms with van der Waals surface area (Å²) in [6.07, 6.45) is 0. The summed E-state index contributed by atoms with van der Waals surface area (Å²) in [5.41, 5.74) is 2.25. The summed E-state index contributed by atoms with van der Waals surface area (Å²) in [6.45, 7) is 0.579. The van der Waals surface area contributed by atoms with Gasteiger partial charge in [-0.25, -0.2) is 4.98 Å². The van der Waals surface area contributed by atoms with Gasteiger partial charge in [0.25, 0.3) is 0 Å². The van der Waals surface area contributed by atoms with E-state index in [1.165, 1.54) is 5.52 Å². The van der Waals surface area contributed by atoms with Crippen LogP contribution in [-0.4, -0.2) is 16.7 Å². The number of thiophene rings is 1. The van der Waals surface area contributed by atoms with E-state index in [4.69, 9.17) is 4.74 Å².